The third kappa shape index (κ3) is 3.26. The monoisotopic (exact) mass is 343 g/mol. The highest BCUT2D eigenvalue weighted by Crippen LogP contribution is 2.31. The van der Waals surface area contributed by atoms with Gasteiger partial charge in [-0.2, -0.15) is 0 Å². The van der Waals surface area contributed by atoms with E-state index in [2.05, 4.69) is 5.32 Å². The van der Waals surface area contributed by atoms with Crippen LogP contribution < -0.4 is 5.32 Å². The van der Waals surface area contributed by atoms with Crippen LogP contribution in [-0.2, 0) is 12.8 Å². The summed E-state index contributed by atoms with van der Waals surface area (Å²) in [5.74, 6) is 1.76. The standard InChI is InChI=1S/C19H22ClN3O/c20-13-6-4-12(5-7-13)18-22-17-3-1-2-16(17)19(23-18)21-14-8-10-15(24)11-9-14/h4-7,14-15,24H,1-3,8-11H2,(H,21,22,23). The number of aliphatic hydroxyl groups is 1. The van der Waals surface area contributed by atoms with E-state index < -0.39 is 0 Å². The quantitative estimate of drug-likeness (QED) is 0.884. The van der Waals surface area contributed by atoms with Crippen molar-refractivity contribution in [3.05, 3.63) is 40.5 Å². The zero-order valence-electron chi connectivity index (χ0n) is 13.6. The fourth-order valence-electron chi connectivity index (χ4n) is 3.69. The number of nitrogens with one attached hydrogen (secondary N) is 1. The number of aliphatic hydroxyl groups excluding tert-OH is 1. The maximum atomic E-state index is 9.70. The van der Waals surface area contributed by atoms with Gasteiger partial charge in [0.2, 0.25) is 0 Å². The van der Waals surface area contributed by atoms with Gasteiger partial charge in [-0.1, -0.05) is 11.6 Å². The summed E-state index contributed by atoms with van der Waals surface area (Å²) in [6.07, 6.45) is 6.82. The maximum Gasteiger partial charge on any atom is 0.161 e. The first-order chi connectivity index (χ1) is 11.7. The summed E-state index contributed by atoms with van der Waals surface area (Å²) < 4.78 is 0. The number of nitrogens with zero attached hydrogens (tertiary/aromatic N) is 2. The van der Waals surface area contributed by atoms with E-state index in [1.807, 2.05) is 24.3 Å². The fourth-order valence-corrected chi connectivity index (χ4v) is 3.82. The zero-order chi connectivity index (χ0) is 16.5. The number of benzene rings is 1. The minimum atomic E-state index is -0.135. The number of anilines is 1. The smallest absolute Gasteiger partial charge is 0.161 e. The molecule has 0 bridgehead atoms. The third-order valence-electron chi connectivity index (χ3n) is 5.07. The Labute approximate surface area is 147 Å². The van der Waals surface area contributed by atoms with Crippen molar-refractivity contribution in [3.63, 3.8) is 0 Å². The van der Waals surface area contributed by atoms with Crippen molar-refractivity contribution in [2.75, 3.05) is 5.32 Å². The van der Waals surface area contributed by atoms with E-state index >= 15 is 0 Å². The Bertz CT molecular complexity index is 724. The Balaban J connectivity index is 1.64. The van der Waals surface area contributed by atoms with Gasteiger partial charge in [0.25, 0.3) is 0 Å². The number of rotatable bonds is 3. The summed E-state index contributed by atoms with van der Waals surface area (Å²) in [7, 11) is 0. The molecule has 1 aromatic heterocycles. The van der Waals surface area contributed by atoms with Crippen molar-refractivity contribution >= 4 is 17.4 Å². The Hall–Kier alpha value is -1.65. The minimum absolute atomic E-state index is 0.135. The van der Waals surface area contributed by atoms with Crippen LogP contribution in [0.25, 0.3) is 11.4 Å². The van der Waals surface area contributed by atoms with Crippen LogP contribution in [0.15, 0.2) is 24.3 Å². The van der Waals surface area contributed by atoms with Gasteiger partial charge in [-0.05, 0) is 69.2 Å². The molecule has 1 aromatic carbocycles. The van der Waals surface area contributed by atoms with E-state index in [9.17, 15) is 5.11 Å². The molecule has 2 N–H and O–H groups in total. The van der Waals surface area contributed by atoms with Gasteiger partial charge >= 0.3 is 0 Å². The van der Waals surface area contributed by atoms with Crippen LogP contribution in [0, 0.1) is 0 Å². The average Bonchev–Trinajstić information content (AvgIpc) is 3.06. The molecular formula is C19H22ClN3O. The molecule has 5 heteroatoms. The predicted molar refractivity (Wildman–Crippen MR) is 96.4 cm³/mol. The molecule has 2 aromatic rings. The zero-order valence-corrected chi connectivity index (χ0v) is 14.4. The summed E-state index contributed by atoms with van der Waals surface area (Å²) in [6.45, 7) is 0. The SMILES string of the molecule is OC1CCC(Nc2nc(-c3ccc(Cl)cc3)nc3c2CCC3)CC1. The first-order valence-corrected chi connectivity index (χ1v) is 9.17. The molecule has 0 unspecified atom stereocenters. The topological polar surface area (TPSA) is 58.0 Å². The number of hydrogen-bond acceptors (Lipinski definition) is 4. The Morgan fingerprint density at radius 2 is 1.75 bits per heavy atom. The molecule has 126 valence electrons. The average molecular weight is 344 g/mol. The van der Waals surface area contributed by atoms with E-state index in [1.165, 1.54) is 11.3 Å². The Morgan fingerprint density at radius 3 is 2.50 bits per heavy atom. The summed E-state index contributed by atoms with van der Waals surface area (Å²) in [5.41, 5.74) is 3.45. The van der Waals surface area contributed by atoms with Crippen LogP contribution in [0.4, 0.5) is 5.82 Å². The summed E-state index contributed by atoms with van der Waals surface area (Å²) >= 11 is 5.99. The lowest BCUT2D eigenvalue weighted by atomic mass is 9.93. The molecule has 24 heavy (non-hydrogen) atoms. The lowest BCUT2D eigenvalue weighted by Gasteiger charge is -2.27. The van der Waals surface area contributed by atoms with Gasteiger partial charge in [-0.15, -0.1) is 0 Å². The van der Waals surface area contributed by atoms with Crippen molar-refractivity contribution in [2.24, 2.45) is 0 Å². The molecule has 0 aliphatic heterocycles. The van der Waals surface area contributed by atoms with E-state index in [0.717, 1.165) is 67.2 Å². The third-order valence-corrected chi connectivity index (χ3v) is 5.33. The number of hydrogen-bond donors (Lipinski definition) is 2. The van der Waals surface area contributed by atoms with Gasteiger partial charge < -0.3 is 10.4 Å². The second-order valence-electron chi connectivity index (χ2n) is 6.83. The van der Waals surface area contributed by atoms with Crippen LogP contribution in [0.3, 0.4) is 0 Å². The molecule has 0 atom stereocenters. The van der Waals surface area contributed by atoms with Crippen LogP contribution in [0.5, 0.6) is 0 Å². The highest BCUT2D eigenvalue weighted by molar-refractivity contribution is 6.30. The van der Waals surface area contributed by atoms with Gasteiger partial charge in [0.1, 0.15) is 5.82 Å². The van der Waals surface area contributed by atoms with Crippen molar-refractivity contribution in [3.8, 4) is 11.4 Å². The molecule has 2 aliphatic carbocycles. The van der Waals surface area contributed by atoms with E-state index in [-0.39, 0.29) is 6.10 Å². The van der Waals surface area contributed by atoms with E-state index in [4.69, 9.17) is 21.6 Å². The number of aryl methyl sites for hydroxylation is 1. The van der Waals surface area contributed by atoms with E-state index in [1.54, 1.807) is 0 Å². The molecule has 1 fully saturated rings. The van der Waals surface area contributed by atoms with Crippen LogP contribution in [0.2, 0.25) is 5.02 Å². The van der Waals surface area contributed by atoms with Crippen LogP contribution in [-0.4, -0.2) is 27.2 Å². The summed E-state index contributed by atoms with van der Waals surface area (Å²) in [5, 5.41) is 14.1. The first kappa shape index (κ1) is 15.9. The van der Waals surface area contributed by atoms with Crippen LogP contribution in [0.1, 0.15) is 43.4 Å². The highest BCUT2D eigenvalue weighted by Gasteiger charge is 2.24. The summed E-state index contributed by atoms with van der Waals surface area (Å²) in [4.78, 5) is 9.61. The molecule has 0 spiro atoms. The number of halogens is 1. The maximum absolute atomic E-state index is 9.70. The highest BCUT2D eigenvalue weighted by atomic mass is 35.5. The van der Waals surface area contributed by atoms with Gasteiger partial charge in [0.05, 0.1) is 6.10 Å². The molecule has 0 radical (unpaired) electrons. The Kier molecular flexibility index (Phi) is 4.42. The van der Waals surface area contributed by atoms with Crippen LogP contribution >= 0.6 is 11.6 Å². The molecule has 2 aliphatic rings. The molecular weight excluding hydrogens is 322 g/mol. The Morgan fingerprint density at radius 1 is 1.00 bits per heavy atom. The van der Waals surface area contributed by atoms with Gasteiger partial charge in [0, 0.05) is 27.9 Å². The second-order valence-corrected chi connectivity index (χ2v) is 7.27. The van der Waals surface area contributed by atoms with E-state index in [0.29, 0.717) is 6.04 Å². The van der Waals surface area contributed by atoms with Crippen molar-refractivity contribution < 1.29 is 5.11 Å². The van der Waals surface area contributed by atoms with Crippen molar-refractivity contribution in [2.45, 2.75) is 57.1 Å². The molecule has 4 nitrogen and oxygen atoms in total. The van der Waals surface area contributed by atoms with Crippen molar-refractivity contribution in [1.29, 1.82) is 0 Å². The predicted octanol–water partition coefficient (Wildman–Crippen LogP) is 4.00. The fraction of sp³-hybridized carbons (Fsp3) is 0.474. The van der Waals surface area contributed by atoms with Crippen molar-refractivity contribution in [1.82, 2.24) is 9.97 Å². The summed E-state index contributed by atoms with van der Waals surface area (Å²) in [6, 6.07) is 8.09. The molecule has 1 saturated carbocycles. The number of aromatic nitrogens is 2. The first-order valence-electron chi connectivity index (χ1n) is 8.79. The van der Waals surface area contributed by atoms with Gasteiger partial charge in [-0.25, -0.2) is 9.97 Å². The number of fused-ring (bicyclic) bond motifs is 1. The van der Waals surface area contributed by atoms with Gasteiger partial charge in [0.15, 0.2) is 5.82 Å². The molecule has 0 amide bonds. The normalized spacial score (nSPS) is 23.1. The van der Waals surface area contributed by atoms with Gasteiger partial charge in [-0.3, -0.25) is 0 Å². The largest absolute Gasteiger partial charge is 0.393 e. The molecule has 1 heterocycles. The lowest BCUT2D eigenvalue weighted by Crippen LogP contribution is -2.29. The molecule has 4 rings (SSSR count). The minimum Gasteiger partial charge on any atom is -0.393 e. The molecule has 0 saturated heterocycles. The lowest BCUT2D eigenvalue weighted by molar-refractivity contribution is 0.126. The second kappa shape index (κ2) is 6.69.